The van der Waals surface area contributed by atoms with E-state index in [4.69, 9.17) is 10.6 Å². The van der Waals surface area contributed by atoms with Crippen molar-refractivity contribution in [3.63, 3.8) is 0 Å². The van der Waals surface area contributed by atoms with Gasteiger partial charge in [-0.1, -0.05) is 0 Å². The van der Waals surface area contributed by atoms with Crippen LogP contribution in [-0.2, 0) is 7.05 Å². The first kappa shape index (κ1) is 11.6. The van der Waals surface area contributed by atoms with Crippen molar-refractivity contribution in [3.8, 4) is 5.75 Å². The van der Waals surface area contributed by atoms with Gasteiger partial charge in [0.25, 0.3) is 0 Å². The molecule has 0 aromatic carbocycles. The monoisotopic (exact) mass is 233 g/mol. The molecule has 3 N–H and O–H groups in total. The lowest BCUT2D eigenvalue weighted by molar-refractivity contribution is 0.411. The van der Waals surface area contributed by atoms with E-state index in [0.29, 0.717) is 5.75 Å². The van der Waals surface area contributed by atoms with Crippen molar-refractivity contribution in [1.82, 2.24) is 20.0 Å². The number of hydrazine groups is 1. The fraction of sp³-hybridized carbons (Fsp3) is 0.273. The van der Waals surface area contributed by atoms with Crippen molar-refractivity contribution in [3.05, 3.63) is 42.2 Å². The van der Waals surface area contributed by atoms with E-state index in [1.54, 1.807) is 32.0 Å². The molecule has 0 aliphatic rings. The molecule has 2 aromatic heterocycles. The molecule has 0 radical (unpaired) electrons. The minimum atomic E-state index is -0.162. The van der Waals surface area contributed by atoms with Gasteiger partial charge in [0.2, 0.25) is 0 Å². The normalized spacial score (nSPS) is 12.4. The maximum absolute atomic E-state index is 5.60. The number of rotatable bonds is 4. The first-order valence-electron chi connectivity index (χ1n) is 5.17. The molecular formula is C11H15N5O. The summed E-state index contributed by atoms with van der Waals surface area (Å²) in [6.07, 6.45) is 6.90. The molecule has 0 bridgehead atoms. The molecule has 0 aliphatic carbocycles. The summed E-state index contributed by atoms with van der Waals surface area (Å²) < 4.78 is 7.05. The molecule has 6 nitrogen and oxygen atoms in total. The molecule has 2 aromatic rings. The third-order valence-electron chi connectivity index (χ3n) is 2.62. The molecule has 1 unspecified atom stereocenters. The minimum absolute atomic E-state index is 0.162. The average Bonchev–Trinajstić information content (AvgIpc) is 2.77. The van der Waals surface area contributed by atoms with Crippen molar-refractivity contribution < 1.29 is 4.74 Å². The second kappa shape index (κ2) is 4.94. The smallest absolute Gasteiger partial charge is 0.137 e. The SMILES string of the molecule is COc1cncc(C(NN)c2cncn2C)c1. The van der Waals surface area contributed by atoms with Crippen molar-refractivity contribution in [2.24, 2.45) is 12.9 Å². The van der Waals surface area contributed by atoms with E-state index in [1.807, 2.05) is 17.7 Å². The van der Waals surface area contributed by atoms with E-state index in [9.17, 15) is 0 Å². The maximum Gasteiger partial charge on any atom is 0.137 e. The summed E-state index contributed by atoms with van der Waals surface area (Å²) in [5, 5.41) is 0. The van der Waals surface area contributed by atoms with Crippen LogP contribution in [0, 0.1) is 0 Å². The van der Waals surface area contributed by atoms with E-state index in [2.05, 4.69) is 15.4 Å². The predicted octanol–water partition coefficient (Wildman–Crippen LogP) is 0.376. The Balaban J connectivity index is 2.38. The van der Waals surface area contributed by atoms with Gasteiger partial charge in [0.1, 0.15) is 5.75 Å². The molecule has 0 saturated heterocycles. The summed E-state index contributed by atoms with van der Waals surface area (Å²) in [6.45, 7) is 0. The largest absolute Gasteiger partial charge is 0.495 e. The van der Waals surface area contributed by atoms with Crippen molar-refractivity contribution in [2.45, 2.75) is 6.04 Å². The molecular weight excluding hydrogens is 218 g/mol. The van der Waals surface area contributed by atoms with Gasteiger partial charge in [-0.15, -0.1) is 0 Å². The van der Waals surface area contributed by atoms with Crippen LogP contribution in [0.3, 0.4) is 0 Å². The Labute approximate surface area is 99.4 Å². The molecule has 0 amide bonds. The Morgan fingerprint density at radius 3 is 2.76 bits per heavy atom. The summed E-state index contributed by atoms with van der Waals surface area (Å²) in [7, 11) is 3.52. The van der Waals surface area contributed by atoms with Crippen LogP contribution in [0.1, 0.15) is 17.3 Å². The van der Waals surface area contributed by atoms with Crippen LogP contribution in [0.25, 0.3) is 0 Å². The summed E-state index contributed by atoms with van der Waals surface area (Å²) in [5.74, 6) is 6.30. The van der Waals surface area contributed by atoms with Crippen molar-refractivity contribution in [1.29, 1.82) is 0 Å². The second-order valence-electron chi connectivity index (χ2n) is 3.69. The van der Waals surface area contributed by atoms with E-state index >= 15 is 0 Å². The molecule has 2 rings (SSSR count). The molecule has 0 fully saturated rings. The number of imidazole rings is 1. The van der Waals surface area contributed by atoms with Gasteiger partial charge < -0.3 is 9.30 Å². The van der Waals surface area contributed by atoms with Gasteiger partial charge >= 0.3 is 0 Å². The zero-order chi connectivity index (χ0) is 12.3. The van der Waals surface area contributed by atoms with Crippen LogP contribution in [0.2, 0.25) is 0 Å². The lowest BCUT2D eigenvalue weighted by Gasteiger charge is -2.16. The number of nitrogens with zero attached hydrogens (tertiary/aromatic N) is 3. The summed E-state index contributed by atoms with van der Waals surface area (Å²) in [5.41, 5.74) is 4.64. The standard InChI is InChI=1S/C11H15N5O/c1-16-7-14-6-10(16)11(15-12)8-3-9(17-2)5-13-4-8/h3-7,11,15H,12H2,1-2H3. The molecule has 90 valence electrons. The highest BCUT2D eigenvalue weighted by atomic mass is 16.5. The molecule has 6 heteroatoms. The Morgan fingerprint density at radius 1 is 1.35 bits per heavy atom. The van der Waals surface area contributed by atoms with E-state index in [1.165, 1.54) is 0 Å². The Hall–Kier alpha value is -1.92. The van der Waals surface area contributed by atoms with Crippen LogP contribution in [0.5, 0.6) is 5.75 Å². The highest BCUT2D eigenvalue weighted by Gasteiger charge is 2.16. The Bertz CT molecular complexity index is 496. The fourth-order valence-corrected chi connectivity index (χ4v) is 1.70. The zero-order valence-corrected chi connectivity index (χ0v) is 9.79. The van der Waals surface area contributed by atoms with E-state index < -0.39 is 0 Å². The molecule has 1 atom stereocenters. The lowest BCUT2D eigenvalue weighted by Crippen LogP contribution is -2.30. The first-order valence-corrected chi connectivity index (χ1v) is 5.17. The number of hydrogen-bond acceptors (Lipinski definition) is 5. The molecule has 2 heterocycles. The zero-order valence-electron chi connectivity index (χ0n) is 9.79. The van der Waals surface area contributed by atoms with Crippen LogP contribution >= 0.6 is 0 Å². The quantitative estimate of drug-likeness (QED) is 0.589. The van der Waals surface area contributed by atoms with Crippen molar-refractivity contribution >= 4 is 0 Å². The van der Waals surface area contributed by atoms with Crippen LogP contribution in [-0.4, -0.2) is 21.6 Å². The first-order chi connectivity index (χ1) is 8.26. The number of aryl methyl sites for hydroxylation is 1. The maximum atomic E-state index is 5.60. The number of pyridine rings is 1. The number of methoxy groups -OCH3 is 1. The molecule has 17 heavy (non-hydrogen) atoms. The van der Waals surface area contributed by atoms with Gasteiger partial charge in [-0.25, -0.2) is 10.4 Å². The topological polar surface area (TPSA) is 78.0 Å². The van der Waals surface area contributed by atoms with Crippen LogP contribution < -0.4 is 16.0 Å². The third-order valence-corrected chi connectivity index (χ3v) is 2.62. The third kappa shape index (κ3) is 2.27. The number of nitrogens with two attached hydrogens (primary N) is 1. The lowest BCUT2D eigenvalue weighted by atomic mass is 10.1. The van der Waals surface area contributed by atoms with Gasteiger partial charge in [0.05, 0.1) is 37.6 Å². The number of aromatic nitrogens is 3. The van der Waals surface area contributed by atoms with E-state index in [-0.39, 0.29) is 6.04 Å². The fourth-order valence-electron chi connectivity index (χ4n) is 1.70. The molecule has 0 aliphatic heterocycles. The van der Waals surface area contributed by atoms with Crippen LogP contribution in [0.4, 0.5) is 0 Å². The summed E-state index contributed by atoms with van der Waals surface area (Å²) in [4.78, 5) is 8.19. The summed E-state index contributed by atoms with van der Waals surface area (Å²) >= 11 is 0. The predicted molar refractivity (Wildman–Crippen MR) is 63.2 cm³/mol. The number of nitrogens with one attached hydrogen (secondary N) is 1. The highest BCUT2D eigenvalue weighted by Crippen LogP contribution is 2.22. The summed E-state index contributed by atoms with van der Waals surface area (Å²) in [6, 6.07) is 1.73. The van der Waals surface area contributed by atoms with Gasteiger partial charge in [-0.3, -0.25) is 10.8 Å². The van der Waals surface area contributed by atoms with Crippen molar-refractivity contribution in [2.75, 3.05) is 7.11 Å². The number of hydrogen-bond donors (Lipinski definition) is 2. The van der Waals surface area contributed by atoms with E-state index in [0.717, 1.165) is 11.3 Å². The minimum Gasteiger partial charge on any atom is -0.495 e. The van der Waals surface area contributed by atoms with Gasteiger partial charge in [0, 0.05) is 13.2 Å². The van der Waals surface area contributed by atoms with Crippen LogP contribution in [0.15, 0.2) is 31.0 Å². The highest BCUT2D eigenvalue weighted by molar-refractivity contribution is 5.30. The molecule has 0 spiro atoms. The molecule has 0 saturated carbocycles. The van der Waals surface area contributed by atoms with Gasteiger partial charge in [-0.05, 0) is 11.6 Å². The average molecular weight is 233 g/mol. The Morgan fingerprint density at radius 2 is 2.18 bits per heavy atom. The van der Waals surface area contributed by atoms with Gasteiger partial charge in [-0.2, -0.15) is 0 Å². The number of ether oxygens (including phenoxy) is 1. The van der Waals surface area contributed by atoms with Gasteiger partial charge in [0.15, 0.2) is 0 Å². The Kier molecular flexibility index (Phi) is 3.36. The second-order valence-corrected chi connectivity index (χ2v) is 3.69.